The van der Waals surface area contributed by atoms with Crippen LogP contribution in [0.1, 0.15) is 26.0 Å². The molecule has 1 amide bonds. The second-order valence-corrected chi connectivity index (χ2v) is 3.71. The minimum absolute atomic E-state index is 0.0612. The Morgan fingerprint density at radius 1 is 1.50 bits per heavy atom. The molecule has 0 saturated heterocycles. The standard InChI is InChI=1S/C12H16N2O4/c1-3-12(10(13)16,11(17)18-4-2)9-8(15)6-5-7-14-9/h5-7,15H,3-4H2,1-2H3,(H2,13,16). The molecular formula is C12H16N2O4. The van der Waals surface area contributed by atoms with Crippen molar-refractivity contribution >= 4 is 11.9 Å². The lowest BCUT2D eigenvalue weighted by molar-refractivity contribution is -0.154. The summed E-state index contributed by atoms with van der Waals surface area (Å²) >= 11 is 0. The summed E-state index contributed by atoms with van der Waals surface area (Å²) in [5, 5.41) is 9.77. The zero-order valence-corrected chi connectivity index (χ0v) is 10.3. The van der Waals surface area contributed by atoms with Gasteiger partial charge in [0, 0.05) is 6.20 Å². The van der Waals surface area contributed by atoms with Crippen LogP contribution in [-0.4, -0.2) is 28.6 Å². The van der Waals surface area contributed by atoms with E-state index >= 15 is 0 Å². The van der Waals surface area contributed by atoms with Crippen LogP contribution in [0.15, 0.2) is 18.3 Å². The van der Waals surface area contributed by atoms with Gasteiger partial charge in [-0.1, -0.05) is 6.92 Å². The van der Waals surface area contributed by atoms with Crippen molar-refractivity contribution in [2.24, 2.45) is 5.73 Å². The number of nitrogens with zero attached hydrogens (tertiary/aromatic N) is 1. The molecular weight excluding hydrogens is 236 g/mol. The van der Waals surface area contributed by atoms with Gasteiger partial charge in [-0.05, 0) is 25.5 Å². The quantitative estimate of drug-likeness (QED) is 0.586. The van der Waals surface area contributed by atoms with Gasteiger partial charge in [0.2, 0.25) is 5.91 Å². The van der Waals surface area contributed by atoms with Crippen LogP contribution in [0, 0.1) is 0 Å². The van der Waals surface area contributed by atoms with E-state index in [1.54, 1.807) is 13.8 Å². The van der Waals surface area contributed by atoms with E-state index in [0.717, 1.165) is 0 Å². The molecule has 0 aromatic carbocycles. The molecule has 18 heavy (non-hydrogen) atoms. The molecule has 1 aromatic rings. The number of aromatic hydroxyl groups is 1. The molecule has 0 bridgehead atoms. The highest BCUT2D eigenvalue weighted by molar-refractivity contribution is 6.08. The summed E-state index contributed by atoms with van der Waals surface area (Å²) in [6, 6.07) is 2.83. The molecule has 0 aliphatic heterocycles. The number of rotatable bonds is 5. The van der Waals surface area contributed by atoms with Crippen molar-refractivity contribution < 1.29 is 19.4 Å². The molecule has 6 nitrogen and oxygen atoms in total. The number of ether oxygens (including phenoxy) is 1. The van der Waals surface area contributed by atoms with E-state index in [-0.39, 0.29) is 24.5 Å². The van der Waals surface area contributed by atoms with Crippen molar-refractivity contribution in [2.75, 3.05) is 6.61 Å². The molecule has 3 N–H and O–H groups in total. The minimum Gasteiger partial charge on any atom is -0.506 e. The molecule has 1 heterocycles. The summed E-state index contributed by atoms with van der Waals surface area (Å²) in [6.07, 6.45) is 1.44. The molecule has 6 heteroatoms. The Kier molecular flexibility index (Phi) is 4.25. The van der Waals surface area contributed by atoms with Gasteiger partial charge in [-0.3, -0.25) is 14.6 Å². The van der Waals surface area contributed by atoms with Gasteiger partial charge >= 0.3 is 5.97 Å². The molecule has 0 fully saturated rings. The van der Waals surface area contributed by atoms with Gasteiger partial charge in [0.15, 0.2) is 5.41 Å². The number of hydrogen-bond donors (Lipinski definition) is 2. The monoisotopic (exact) mass is 252 g/mol. The third-order valence-corrected chi connectivity index (χ3v) is 2.77. The van der Waals surface area contributed by atoms with Gasteiger partial charge < -0.3 is 15.6 Å². The minimum atomic E-state index is -1.75. The first-order chi connectivity index (χ1) is 8.50. The Labute approximate surface area is 105 Å². The Bertz CT molecular complexity index is 461. The molecule has 0 radical (unpaired) electrons. The van der Waals surface area contributed by atoms with Crippen LogP contribution in [0.25, 0.3) is 0 Å². The largest absolute Gasteiger partial charge is 0.506 e. The SMILES string of the molecule is CCOC(=O)C(CC)(C(N)=O)c1ncccc1O. The van der Waals surface area contributed by atoms with E-state index in [0.29, 0.717) is 0 Å². The molecule has 1 unspecified atom stereocenters. The van der Waals surface area contributed by atoms with Crippen molar-refractivity contribution in [1.82, 2.24) is 4.98 Å². The molecule has 1 atom stereocenters. The molecule has 1 aromatic heterocycles. The smallest absolute Gasteiger partial charge is 0.327 e. The maximum Gasteiger partial charge on any atom is 0.327 e. The zero-order chi connectivity index (χ0) is 13.8. The fraction of sp³-hybridized carbons (Fsp3) is 0.417. The third-order valence-electron chi connectivity index (χ3n) is 2.77. The summed E-state index contributed by atoms with van der Waals surface area (Å²) in [6.45, 7) is 3.34. The van der Waals surface area contributed by atoms with Crippen molar-refractivity contribution in [1.29, 1.82) is 0 Å². The number of carbonyl (C=O) groups excluding carboxylic acids is 2. The number of nitrogens with two attached hydrogens (primary N) is 1. The maximum atomic E-state index is 12.0. The predicted octanol–water partition coefficient (Wildman–Crippen LogP) is 0.483. The van der Waals surface area contributed by atoms with Crippen LogP contribution < -0.4 is 5.73 Å². The van der Waals surface area contributed by atoms with Crippen LogP contribution in [0.4, 0.5) is 0 Å². The summed E-state index contributed by atoms with van der Waals surface area (Å²) in [7, 11) is 0. The lowest BCUT2D eigenvalue weighted by atomic mass is 9.80. The van der Waals surface area contributed by atoms with Crippen molar-refractivity contribution in [2.45, 2.75) is 25.7 Å². The van der Waals surface area contributed by atoms with Gasteiger partial charge in [-0.25, -0.2) is 0 Å². The van der Waals surface area contributed by atoms with Crippen molar-refractivity contribution in [3.8, 4) is 5.75 Å². The lowest BCUT2D eigenvalue weighted by Gasteiger charge is -2.26. The van der Waals surface area contributed by atoms with Crippen LogP contribution in [0.5, 0.6) is 5.75 Å². The summed E-state index contributed by atoms with van der Waals surface area (Å²) < 4.78 is 4.88. The molecule has 0 saturated carbocycles. The number of amides is 1. The van der Waals surface area contributed by atoms with Gasteiger partial charge in [0.05, 0.1) is 6.61 Å². The summed E-state index contributed by atoms with van der Waals surface area (Å²) in [5.41, 5.74) is 3.50. The number of carbonyl (C=O) groups is 2. The van der Waals surface area contributed by atoms with Crippen LogP contribution in [0.3, 0.4) is 0 Å². The highest BCUT2D eigenvalue weighted by Crippen LogP contribution is 2.33. The van der Waals surface area contributed by atoms with Gasteiger partial charge in [-0.15, -0.1) is 0 Å². The fourth-order valence-corrected chi connectivity index (χ4v) is 1.78. The summed E-state index contributed by atoms with van der Waals surface area (Å²) in [4.78, 5) is 27.6. The average molecular weight is 252 g/mol. The first kappa shape index (κ1) is 14.0. The molecule has 0 spiro atoms. The van der Waals surface area contributed by atoms with Gasteiger partial charge in [0.1, 0.15) is 11.4 Å². The number of hydrogen-bond acceptors (Lipinski definition) is 5. The molecule has 0 aliphatic rings. The number of primary amides is 1. The topological polar surface area (TPSA) is 103 Å². The van der Waals surface area contributed by atoms with Gasteiger partial charge in [0.25, 0.3) is 0 Å². The highest BCUT2D eigenvalue weighted by Gasteiger charge is 2.49. The van der Waals surface area contributed by atoms with E-state index in [2.05, 4.69) is 4.98 Å². The van der Waals surface area contributed by atoms with E-state index in [1.165, 1.54) is 18.3 Å². The third kappa shape index (κ3) is 2.13. The second kappa shape index (κ2) is 5.48. The molecule has 1 rings (SSSR count). The van der Waals surface area contributed by atoms with Crippen molar-refractivity contribution in [3.63, 3.8) is 0 Å². The highest BCUT2D eigenvalue weighted by atomic mass is 16.5. The summed E-state index contributed by atoms with van der Waals surface area (Å²) in [5.74, 6) is -1.95. The molecule has 98 valence electrons. The second-order valence-electron chi connectivity index (χ2n) is 3.71. The first-order valence-electron chi connectivity index (χ1n) is 5.62. The number of pyridine rings is 1. The van der Waals surface area contributed by atoms with E-state index < -0.39 is 17.3 Å². The Hall–Kier alpha value is -2.11. The maximum absolute atomic E-state index is 12.0. The number of esters is 1. The average Bonchev–Trinajstić information content (AvgIpc) is 2.33. The first-order valence-corrected chi connectivity index (χ1v) is 5.62. The zero-order valence-electron chi connectivity index (χ0n) is 10.3. The normalized spacial score (nSPS) is 13.7. The fourth-order valence-electron chi connectivity index (χ4n) is 1.78. The van der Waals surface area contributed by atoms with E-state index in [9.17, 15) is 14.7 Å². The van der Waals surface area contributed by atoms with Crippen LogP contribution >= 0.6 is 0 Å². The molecule has 0 aliphatic carbocycles. The Balaban J connectivity index is 3.42. The predicted molar refractivity (Wildman–Crippen MR) is 63.7 cm³/mol. The van der Waals surface area contributed by atoms with Crippen LogP contribution in [-0.2, 0) is 19.7 Å². The van der Waals surface area contributed by atoms with Crippen molar-refractivity contribution in [3.05, 3.63) is 24.0 Å². The van der Waals surface area contributed by atoms with Crippen LogP contribution in [0.2, 0.25) is 0 Å². The van der Waals surface area contributed by atoms with E-state index in [1.807, 2.05) is 0 Å². The van der Waals surface area contributed by atoms with E-state index in [4.69, 9.17) is 10.5 Å². The number of aromatic nitrogens is 1. The van der Waals surface area contributed by atoms with Gasteiger partial charge in [-0.2, -0.15) is 0 Å². The lowest BCUT2D eigenvalue weighted by Crippen LogP contribution is -2.49. The Morgan fingerprint density at radius 3 is 2.61 bits per heavy atom. The Morgan fingerprint density at radius 2 is 2.17 bits per heavy atom.